The van der Waals surface area contributed by atoms with E-state index in [1.165, 1.54) is 0 Å². The number of hydrogen-bond donors (Lipinski definition) is 3. The van der Waals surface area contributed by atoms with Crippen LogP contribution in [0, 0.1) is 0 Å². The van der Waals surface area contributed by atoms with E-state index >= 15 is 0 Å². The van der Waals surface area contributed by atoms with E-state index in [0.717, 1.165) is 33.6 Å². The summed E-state index contributed by atoms with van der Waals surface area (Å²) in [7, 11) is 1.67. The largest absolute Gasteiger partial charge is 0.481 e. The first-order valence-electron chi connectivity index (χ1n) is 11.0. The lowest BCUT2D eigenvalue weighted by molar-refractivity contribution is -0.139. The van der Waals surface area contributed by atoms with Gasteiger partial charge in [0.25, 0.3) is 0 Å². The highest BCUT2D eigenvalue weighted by atomic mass is 16.5. The standard InChI is InChI=1S/C26H35NO5/c1-16(2)25-21(12-11-19(28)13-20(29)14-23(30)31)24(18-9-7-6-8-10-18)22(15-32-5)26(27-25)17(3)4/h6-12,16-17,19-20,28-29H,13-15H2,1-5H3,(H,30,31)/b12-11+/t19-,20-/m1/s1. The summed E-state index contributed by atoms with van der Waals surface area (Å²) in [5.41, 5.74) is 5.87. The van der Waals surface area contributed by atoms with Gasteiger partial charge in [0.15, 0.2) is 0 Å². The number of nitrogens with zero attached hydrogens (tertiary/aromatic N) is 1. The first kappa shape index (κ1) is 25.7. The van der Waals surface area contributed by atoms with Crippen LogP contribution in [0.5, 0.6) is 0 Å². The maximum absolute atomic E-state index is 10.8. The molecule has 0 aliphatic carbocycles. The van der Waals surface area contributed by atoms with Crippen molar-refractivity contribution in [2.45, 2.75) is 71.2 Å². The Balaban J connectivity index is 2.66. The third-order valence-corrected chi connectivity index (χ3v) is 5.25. The minimum absolute atomic E-state index is 0.0527. The molecule has 0 fully saturated rings. The number of aliphatic hydroxyl groups excluding tert-OH is 2. The second-order valence-electron chi connectivity index (χ2n) is 8.67. The minimum atomic E-state index is -1.11. The van der Waals surface area contributed by atoms with Gasteiger partial charge in [-0.15, -0.1) is 0 Å². The zero-order valence-electron chi connectivity index (χ0n) is 19.6. The van der Waals surface area contributed by atoms with Gasteiger partial charge < -0.3 is 20.1 Å². The molecule has 0 saturated heterocycles. The topological polar surface area (TPSA) is 99.9 Å². The molecule has 3 N–H and O–H groups in total. The molecule has 0 aliphatic rings. The van der Waals surface area contributed by atoms with Crippen molar-refractivity contribution in [2.24, 2.45) is 0 Å². The molecule has 2 aromatic rings. The number of carbonyl (C=O) groups is 1. The summed E-state index contributed by atoms with van der Waals surface area (Å²) in [5.74, 6) is -0.754. The number of aliphatic hydroxyl groups is 2. The lowest BCUT2D eigenvalue weighted by Crippen LogP contribution is -2.19. The number of benzene rings is 1. The van der Waals surface area contributed by atoms with Crippen LogP contribution in [0.3, 0.4) is 0 Å². The van der Waals surface area contributed by atoms with Crippen LogP contribution in [0.4, 0.5) is 0 Å². The van der Waals surface area contributed by atoms with Crippen molar-refractivity contribution in [3.63, 3.8) is 0 Å². The number of methoxy groups -OCH3 is 1. The van der Waals surface area contributed by atoms with E-state index < -0.39 is 24.6 Å². The summed E-state index contributed by atoms with van der Waals surface area (Å²) in [4.78, 5) is 15.8. The van der Waals surface area contributed by atoms with E-state index in [0.29, 0.717) is 6.61 Å². The zero-order chi connectivity index (χ0) is 23.8. The summed E-state index contributed by atoms with van der Waals surface area (Å²) in [6, 6.07) is 10.0. The number of aromatic nitrogens is 1. The second-order valence-corrected chi connectivity index (χ2v) is 8.67. The fraction of sp³-hybridized carbons (Fsp3) is 0.462. The normalized spacial score (nSPS) is 13.8. The van der Waals surface area contributed by atoms with Crippen LogP contribution >= 0.6 is 0 Å². The van der Waals surface area contributed by atoms with Crippen molar-refractivity contribution >= 4 is 12.0 Å². The highest BCUT2D eigenvalue weighted by Crippen LogP contribution is 2.37. The first-order valence-corrected chi connectivity index (χ1v) is 11.0. The molecular weight excluding hydrogens is 406 g/mol. The van der Waals surface area contributed by atoms with Gasteiger partial charge in [-0.2, -0.15) is 0 Å². The van der Waals surface area contributed by atoms with Gasteiger partial charge in [0.1, 0.15) is 0 Å². The molecule has 0 bridgehead atoms. The minimum Gasteiger partial charge on any atom is -0.481 e. The molecule has 1 aromatic carbocycles. The molecular formula is C26H35NO5. The molecule has 0 unspecified atom stereocenters. The van der Waals surface area contributed by atoms with Gasteiger partial charge in [0.05, 0.1) is 30.9 Å². The molecule has 32 heavy (non-hydrogen) atoms. The van der Waals surface area contributed by atoms with Crippen LogP contribution in [-0.4, -0.2) is 45.6 Å². The monoisotopic (exact) mass is 441 g/mol. The lowest BCUT2D eigenvalue weighted by atomic mass is 9.87. The van der Waals surface area contributed by atoms with Crippen LogP contribution in [0.15, 0.2) is 36.4 Å². The highest BCUT2D eigenvalue weighted by Gasteiger charge is 2.23. The van der Waals surface area contributed by atoms with Gasteiger partial charge in [0, 0.05) is 30.4 Å². The van der Waals surface area contributed by atoms with Gasteiger partial charge in [-0.05, 0) is 23.0 Å². The molecule has 174 valence electrons. The Morgan fingerprint density at radius 1 is 1.06 bits per heavy atom. The SMILES string of the molecule is COCc1c(C(C)C)nc(C(C)C)c(/C=C/[C@@H](O)C[C@@H](O)CC(=O)O)c1-c1ccccc1. The number of ether oxygens (including phenoxy) is 1. The Morgan fingerprint density at radius 2 is 1.69 bits per heavy atom. The summed E-state index contributed by atoms with van der Waals surface area (Å²) in [6.45, 7) is 8.81. The summed E-state index contributed by atoms with van der Waals surface area (Å²) >= 11 is 0. The third kappa shape index (κ3) is 6.73. The first-order chi connectivity index (χ1) is 15.1. The quantitative estimate of drug-likeness (QED) is 0.466. The number of rotatable bonds is 11. The van der Waals surface area contributed by atoms with Crippen LogP contribution in [0.25, 0.3) is 17.2 Å². The predicted octanol–water partition coefficient (Wildman–Crippen LogP) is 4.74. The molecule has 0 radical (unpaired) electrons. The van der Waals surface area contributed by atoms with Crippen molar-refractivity contribution in [1.29, 1.82) is 0 Å². The summed E-state index contributed by atoms with van der Waals surface area (Å²) in [6.07, 6.45) is 0.889. The van der Waals surface area contributed by atoms with Crippen molar-refractivity contribution < 1.29 is 24.9 Å². The number of carboxylic acid groups (broad SMARTS) is 1. The van der Waals surface area contributed by atoms with Crippen molar-refractivity contribution in [3.8, 4) is 11.1 Å². The zero-order valence-corrected chi connectivity index (χ0v) is 19.6. The summed E-state index contributed by atoms with van der Waals surface area (Å²) < 4.78 is 5.55. The molecule has 6 heteroatoms. The Kier molecular flexibility index (Phi) is 9.57. The van der Waals surface area contributed by atoms with Crippen LogP contribution in [0.2, 0.25) is 0 Å². The van der Waals surface area contributed by atoms with Crippen LogP contribution in [-0.2, 0) is 16.1 Å². The Labute approximate surface area is 190 Å². The van der Waals surface area contributed by atoms with Crippen LogP contribution < -0.4 is 0 Å². The molecule has 2 rings (SSSR count). The van der Waals surface area contributed by atoms with Crippen molar-refractivity contribution in [3.05, 3.63) is 58.9 Å². The average Bonchev–Trinajstić information content (AvgIpc) is 2.71. The second kappa shape index (κ2) is 11.9. The molecule has 6 nitrogen and oxygen atoms in total. The third-order valence-electron chi connectivity index (χ3n) is 5.25. The van der Waals surface area contributed by atoms with E-state index in [1.54, 1.807) is 13.2 Å². The summed E-state index contributed by atoms with van der Waals surface area (Å²) in [5, 5.41) is 29.1. The van der Waals surface area contributed by atoms with E-state index in [9.17, 15) is 15.0 Å². The Morgan fingerprint density at radius 3 is 2.22 bits per heavy atom. The maximum atomic E-state index is 10.8. The van der Waals surface area contributed by atoms with E-state index in [1.807, 2.05) is 36.4 Å². The molecule has 1 heterocycles. The maximum Gasteiger partial charge on any atom is 0.305 e. The molecule has 1 aromatic heterocycles. The molecule has 0 saturated carbocycles. The smallest absolute Gasteiger partial charge is 0.305 e. The van der Waals surface area contributed by atoms with Crippen molar-refractivity contribution in [2.75, 3.05) is 7.11 Å². The average molecular weight is 442 g/mol. The Bertz CT molecular complexity index is 922. The fourth-order valence-electron chi connectivity index (χ4n) is 3.84. The van der Waals surface area contributed by atoms with Gasteiger partial charge in [-0.1, -0.05) is 70.2 Å². The number of carboxylic acids is 1. The number of pyridine rings is 1. The van der Waals surface area contributed by atoms with Gasteiger partial charge in [-0.3, -0.25) is 9.78 Å². The molecule has 2 atom stereocenters. The highest BCUT2D eigenvalue weighted by molar-refractivity contribution is 5.80. The van der Waals surface area contributed by atoms with Crippen molar-refractivity contribution in [1.82, 2.24) is 4.98 Å². The Hall–Kier alpha value is -2.54. The predicted molar refractivity (Wildman–Crippen MR) is 126 cm³/mol. The molecule has 0 amide bonds. The number of hydrogen-bond acceptors (Lipinski definition) is 5. The molecule has 0 spiro atoms. The van der Waals surface area contributed by atoms with Gasteiger partial charge in [0.2, 0.25) is 0 Å². The molecule has 0 aliphatic heterocycles. The number of aliphatic carboxylic acids is 1. The fourth-order valence-corrected chi connectivity index (χ4v) is 3.84. The van der Waals surface area contributed by atoms with Gasteiger partial charge in [-0.25, -0.2) is 0 Å². The van der Waals surface area contributed by atoms with Gasteiger partial charge >= 0.3 is 5.97 Å². The van der Waals surface area contributed by atoms with E-state index in [-0.39, 0.29) is 18.3 Å². The lowest BCUT2D eigenvalue weighted by Gasteiger charge is -2.23. The van der Waals surface area contributed by atoms with E-state index in [2.05, 4.69) is 27.7 Å². The van der Waals surface area contributed by atoms with Crippen LogP contribution in [0.1, 0.15) is 74.9 Å². The van der Waals surface area contributed by atoms with E-state index in [4.69, 9.17) is 14.8 Å².